The van der Waals surface area contributed by atoms with Crippen LogP contribution in [-0.2, 0) is 11.3 Å². The van der Waals surface area contributed by atoms with E-state index in [0.29, 0.717) is 13.0 Å². The number of nitrogens with zero attached hydrogens (tertiary/aromatic N) is 2. The van der Waals surface area contributed by atoms with Crippen LogP contribution in [0.5, 0.6) is 0 Å². The molecule has 0 aromatic carbocycles. The van der Waals surface area contributed by atoms with Crippen molar-refractivity contribution in [3.05, 3.63) is 18.0 Å². The molecule has 1 aliphatic heterocycles. The van der Waals surface area contributed by atoms with Crippen molar-refractivity contribution < 1.29 is 14.4 Å². The number of aromatic nitrogens is 1. The van der Waals surface area contributed by atoms with Crippen LogP contribution in [0, 0.1) is 5.92 Å². The van der Waals surface area contributed by atoms with Crippen molar-refractivity contribution in [2.75, 3.05) is 6.54 Å². The highest BCUT2D eigenvalue weighted by molar-refractivity contribution is 5.71. The van der Waals surface area contributed by atoms with Crippen LogP contribution in [0.25, 0.3) is 0 Å². The summed E-state index contributed by atoms with van der Waals surface area (Å²) in [6.45, 7) is 3.39. The zero-order valence-corrected chi connectivity index (χ0v) is 8.59. The van der Waals surface area contributed by atoms with Crippen molar-refractivity contribution in [3.63, 3.8) is 0 Å². The average molecular weight is 210 g/mol. The maximum Gasteiger partial charge on any atom is 0.308 e. The largest absolute Gasteiger partial charge is 0.481 e. The second-order valence-corrected chi connectivity index (χ2v) is 3.92. The maximum absolute atomic E-state index is 10.9. The lowest BCUT2D eigenvalue weighted by Gasteiger charge is -2.21. The highest BCUT2D eigenvalue weighted by Crippen LogP contribution is 2.25. The molecule has 82 valence electrons. The fraction of sp³-hybridized carbons (Fsp3) is 0.600. The molecule has 1 fully saturated rings. The van der Waals surface area contributed by atoms with Crippen molar-refractivity contribution in [1.82, 2.24) is 10.1 Å². The van der Waals surface area contributed by atoms with E-state index in [1.165, 1.54) is 0 Å². The van der Waals surface area contributed by atoms with Gasteiger partial charge in [0.2, 0.25) is 0 Å². The number of hydrogen-bond acceptors (Lipinski definition) is 4. The number of carboxylic acids is 1. The molecule has 5 heteroatoms. The molecular formula is C10H14N2O3. The summed E-state index contributed by atoms with van der Waals surface area (Å²) in [4.78, 5) is 13.0. The Bertz CT molecular complexity index is 336. The van der Waals surface area contributed by atoms with Gasteiger partial charge in [-0.15, -0.1) is 0 Å². The standard InChI is InChI=1S/C10H14N2O3/c1-7-9(10(13)14)3-5-12(7)6-8-2-4-11-15-8/h2,4,7,9H,3,5-6H2,1H3,(H,13,14). The topological polar surface area (TPSA) is 66.6 Å². The SMILES string of the molecule is CC1C(C(=O)O)CCN1Cc1ccno1. The van der Waals surface area contributed by atoms with Gasteiger partial charge >= 0.3 is 5.97 Å². The summed E-state index contributed by atoms with van der Waals surface area (Å²) >= 11 is 0. The van der Waals surface area contributed by atoms with E-state index in [1.807, 2.05) is 6.92 Å². The summed E-state index contributed by atoms with van der Waals surface area (Å²) in [5.41, 5.74) is 0. The number of carbonyl (C=O) groups is 1. The van der Waals surface area contributed by atoms with Crippen molar-refractivity contribution in [2.45, 2.75) is 25.9 Å². The Balaban J connectivity index is 1.98. The Kier molecular flexibility index (Phi) is 2.73. The predicted molar refractivity (Wildman–Crippen MR) is 52.1 cm³/mol. The molecular weight excluding hydrogens is 196 g/mol. The first-order valence-corrected chi connectivity index (χ1v) is 5.05. The molecule has 2 heterocycles. The minimum absolute atomic E-state index is 0.0626. The van der Waals surface area contributed by atoms with E-state index in [0.717, 1.165) is 12.3 Å². The van der Waals surface area contributed by atoms with Gasteiger partial charge in [0, 0.05) is 12.1 Å². The van der Waals surface area contributed by atoms with Gasteiger partial charge in [0.1, 0.15) is 0 Å². The first-order chi connectivity index (χ1) is 7.18. The number of aliphatic carboxylic acids is 1. The Morgan fingerprint density at radius 1 is 1.80 bits per heavy atom. The maximum atomic E-state index is 10.9. The molecule has 0 aliphatic carbocycles. The molecule has 0 spiro atoms. The summed E-state index contributed by atoms with van der Waals surface area (Å²) in [5, 5.41) is 12.6. The minimum Gasteiger partial charge on any atom is -0.481 e. The molecule has 0 amide bonds. The lowest BCUT2D eigenvalue weighted by atomic mass is 10.0. The van der Waals surface area contributed by atoms with Crippen molar-refractivity contribution in [1.29, 1.82) is 0 Å². The van der Waals surface area contributed by atoms with Crippen LogP contribution < -0.4 is 0 Å². The average Bonchev–Trinajstić information content (AvgIpc) is 2.78. The lowest BCUT2D eigenvalue weighted by molar-refractivity contribution is -0.142. The monoisotopic (exact) mass is 210 g/mol. The van der Waals surface area contributed by atoms with Crippen molar-refractivity contribution in [3.8, 4) is 0 Å². The van der Waals surface area contributed by atoms with Crippen LogP contribution in [0.1, 0.15) is 19.1 Å². The van der Waals surface area contributed by atoms with Crippen LogP contribution in [0.15, 0.2) is 16.8 Å². The summed E-state index contributed by atoms with van der Waals surface area (Å²) in [6.07, 6.45) is 2.31. The van der Waals surface area contributed by atoms with Crippen LogP contribution in [0.4, 0.5) is 0 Å². The molecule has 1 saturated heterocycles. The highest BCUT2D eigenvalue weighted by Gasteiger charge is 2.35. The fourth-order valence-corrected chi connectivity index (χ4v) is 2.08. The third kappa shape index (κ3) is 2.02. The molecule has 2 unspecified atom stereocenters. The van der Waals surface area contributed by atoms with Gasteiger partial charge in [0.25, 0.3) is 0 Å². The summed E-state index contributed by atoms with van der Waals surface area (Å²) in [5.74, 6) is -0.177. The Labute approximate surface area is 87.7 Å². The van der Waals surface area contributed by atoms with Crippen molar-refractivity contribution in [2.24, 2.45) is 5.92 Å². The molecule has 2 atom stereocenters. The molecule has 1 aromatic rings. The van der Waals surface area contributed by atoms with Gasteiger partial charge < -0.3 is 9.63 Å². The summed E-state index contributed by atoms with van der Waals surface area (Å²) < 4.78 is 5.00. The quantitative estimate of drug-likeness (QED) is 0.805. The summed E-state index contributed by atoms with van der Waals surface area (Å²) in [7, 11) is 0. The van der Waals surface area contributed by atoms with Gasteiger partial charge in [0.15, 0.2) is 5.76 Å². The van der Waals surface area contributed by atoms with E-state index in [-0.39, 0.29) is 12.0 Å². The number of hydrogen-bond donors (Lipinski definition) is 1. The van der Waals surface area contributed by atoms with E-state index in [4.69, 9.17) is 9.63 Å². The molecule has 0 saturated carbocycles. The molecule has 1 aromatic heterocycles. The third-order valence-electron chi connectivity index (χ3n) is 3.05. The minimum atomic E-state index is -0.706. The number of likely N-dealkylation sites (tertiary alicyclic amines) is 1. The molecule has 0 radical (unpaired) electrons. The second-order valence-electron chi connectivity index (χ2n) is 3.92. The van der Waals surface area contributed by atoms with Crippen molar-refractivity contribution >= 4 is 5.97 Å². The summed E-state index contributed by atoms with van der Waals surface area (Å²) in [6, 6.07) is 1.87. The van der Waals surface area contributed by atoms with Gasteiger partial charge in [-0.05, 0) is 19.9 Å². The smallest absolute Gasteiger partial charge is 0.308 e. The third-order valence-corrected chi connectivity index (χ3v) is 3.05. The highest BCUT2D eigenvalue weighted by atomic mass is 16.5. The molecule has 0 bridgehead atoms. The van der Waals surface area contributed by atoms with Gasteiger partial charge in [-0.25, -0.2) is 0 Å². The van der Waals surface area contributed by atoms with Gasteiger partial charge in [0.05, 0.1) is 18.7 Å². The lowest BCUT2D eigenvalue weighted by Crippen LogP contribution is -2.32. The Hall–Kier alpha value is -1.36. The van der Waals surface area contributed by atoms with Gasteiger partial charge in [-0.2, -0.15) is 0 Å². The predicted octanol–water partition coefficient (Wildman–Crippen LogP) is 0.970. The van der Waals surface area contributed by atoms with E-state index in [2.05, 4.69) is 10.1 Å². The number of rotatable bonds is 3. The first kappa shape index (κ1) is 10.2. The number of carboxylic acid groups (broad SMARTS) is 1. The van der Waals surface area contributed by atoms with E-state index in [1.54, 1.807) is 12.3 Å². The second kappa shape index (κ2) is 4.02. The molecule has 5 nitrogen and oxygen atoms in total. The van der Waals surface area contributed by atoms with Crippen LogP contribution in [-0.4, -0.2) is 33.7 Å². The normalized spacial score (nSPS) is 27.0. The fourth-order valence-electron chi connectivity index (χ4n) is 2.08. The molecule has 1 N–H and O–H groups in total. The first-order valence-electron chi connectivity index (χ1n) is 5.05. The van der Waals surface area contributed by atoms with E-state index >= 15 is 0 Å². The van der Waals surface area contributed by atoms with E-state index in [9.17, 15) is 4.79 Å². The molecule has 1 aliphatic rings. The Morgan fingerprint density at radius 2 is 2.60 bits per heavy atom. The zero-order chi connectivity index (χ0) is 10.8. The van der Waals surface area contributed by atoms with Crippen LogP contribution in [0.2, 0.25) is 0 Å². The Morgan fingerprint density at radius 3 is 3.13 bits per heavy atom. The van der Waals surface area contributed by atoms with Crippen LogP contribution >= 0.6 is 0 Å². The molecule has 2 rings (SSSR count). The van der Waals surface area contributed by atoms with Crippen LogP contribution in [0.3, 0.4) is 0 Å². The van der Waals surface area contributed by atoms with Gasteiger partial charge in [-0.1, -0.05) is 5.16 Å². The van der Waals surface area contributed by atoms with Gasteiger partial charge in [-0.3, -0.25) is 9.69 Å². The van der Waals surface area contributed by atoms with E-state index < -0.39 is 5.97 Å². The molecule has 15 heavy (non-hydrogen) atoms. The zero-order valence-electron chi connectivity index (χ0n) is 8.59.